The Bertz CT molecular complexity index is 1940. The predicted molar refractivity (Wildman–Crippen MR) is 152 cm³/mol. The van der Waals surface area contributed by atoms with E-state index in [0.717, 1.165) is 45.0 Å². The summed E-state index contributed by atoms with van der Waals surface area (Å²) in [6.07, 6.45) is 6.02. The monoisotopic (exact) mass is 556 g/mol. The molecule has 0 radical (unpaired) electrons. The van der Waals surface area contributed by atoms with Crippen molar-refractivity contribution in [2.75, 3.05) is 0 Å². The summed E-state index contributed by atoms with van der Waals surface area (Å²) in [5, 5.41) is 4.30. The van der Waals surface area contributed by atoms with Gasteiger partial charge in [0.25, 0.3) is 0 Å². The molecule has 3 aromatic heterocycles. The molecular formula is C33H19F3N6. The van der Waals surface area contributed by atoms with Gasteiger partial charge in [-0.3, -0.25) is 0 Å². The van der Waals surface area contributed by atoms with Crippen LogP contribution in [0.1, 0.15) is 33.5 Å². The average molecular weight is 557 g/mol. The van der Waals surface area contributed by atoms with E-state index >= 15 is 0 Å². The predicted octanol–water partition coefficient (Wildman–Crippen LogP) is 7.12. The molecule has 4 heterocycles. The maximum Gasteiger partial charge on any atom is 0.435 e. The van der Waals surface area contributed by atoms with E-state index in [9.17, 15) is 13.2 Å². The largest absolute Gasteiger partial charge is 0.435 e. The summed E-state index contributed by atoms with van der Waals surface area (Å²) in [7, 11) is 0. The Kier molecular flexibility index (Phi) is 5.09. The van der Waals surface area contributed by atoms with Gasteiger partial charge < -0.3 is 0 Å². The lowest BCUT2D eigenvalue weighted by atomic mass is 9.74. The Labute approximate surface area is 237 Å². The van der Waals surface area contributed by atoms with Crippen LogP contribution in [0.3, 0.4) is 0 Å². The van der Waals surface area contributed by atoms with Crippen LogP contribution < -0.4 is 0 Å². The van der Waals surface area contributed by atoms with E-state index in [1.54, 1.807) is 36.9 Å². The Morgan fingerprint density at radius 2 is 1.14 bits per heavy atom. The molecule has 1 spiro atoms. The topological polar surface area (TPSA) is 69.4 Å². The molecule has 0 saturated carbocycles. The van der Waals surface area contributed by atoms with Crippen molar-refractivity contribution in [3.05, 3.63) is 137 Å². The lowest BCUT2D eigenvalue weighted by molar-refractivity contribution is -0.141. The van der Waals surface area contributed by atoms with Gasteiger partial charge in [0.15, 0.2) is 17.3 Å². The number of aromatic nitrogens is 6. The Hall–Kier alpha value is -5.44. The molecule has 8 rings (SSSR count). The fraction of sp³-hybridized carbons (Fsp3) is 0.0606. The fourth-order valence-electron chi connectivity index (χ4n) is 6.15. The fourth-order valence-corrected chi connectivity index (χ4v) is 6.15. The molecule has 0 amide bonds. The van der Waals surface area contributed by atoms with E-state index in [4.69, 9.17) is 0 Å². The minimum atomic E-state index is -4.62. The van der Waals surface area contributed by atoms with Crippen molar-refractivity contribution >= 4 is 12.2 Å². The number of alkyl halides is 3. The maximum absolute atomic E-state index is 14.2. The van der Waals surface area contributed by atoms with Gasteiger partial charge in [0.05, 0.1) is 5.69 Å². The van der Waals surface area contributed by atoms with Crippen molar-refractivity contribution in [1.29, 1.82) is 0 Å². The van der Waals surface area contributed by atoms with Crippen molar-refractivity contribution in [2.24, 2.45) is 0 Å². The third-order valence-corrected chi connectivity index (χ3v) is 7.89. The van der Waals surface area contributed by atoms with E-state index in [0.29, 0.717) is 22.9 Å². The summed E-state index contributed by atoms with van der Waals surface area (Å²) in [5.41, 5.74) is 4.38. The van der Waals surface area contributed by atoms with Gasteiger partial charge in [-0.15, -0.1) is 0 Å². The van der Waals surface area contributed by atoms with Crippen LogP contribution in [-0.4, -0.2) is 29.7 Å². The molecule has 0 bridgehead atoms. The quantitative estimate of drug-likeness (QED) is 0.227. The lowest BCUT2D eigenvalue weighted by Gasteiger charge is -2.35. The molecule has 6 nitrogen and oxygen atoms in total. The second-order valence-electron chi connectivity index (χ2n) is 10.2. The van der Waals surface area contributed by atoms with Crippen LogP contribution in [0.4, 0.5) is 13.2 Å². The first kappa shape index (κ1) is 24.4. The van der Waals surface area contributed by atoms with Crippen molar-refractivity contribution in [1.82, 2.24) is 29.7 Å². The number of hydrogen-bond donors (Lipinski definition) is 0. The molecule has 1 aliphatic carbocycles. The maximum atomic E-state index is 14.2. The normalized spacial score (nSPS) is 14.2. The summed E-state index contributed by atoms with van der Waals surface area (Å²) < 4.78 is 44.1. The number of rotatable bonds is 2. The standard InChI is InChI=1S/C33H19F3N6/c34-33(35,36)29-19-28-24-5-1-2-6-25(24)32(42(28)41-29)26-17-22(30-37-13-3-14-38-30)11-9-20(26)7-8-21-10-12-23(18-27(21)32)31-39-15-4-16-40-31/h1-19H. The van der Waals surface area contributed by atoms with Gasteiger partial charge in [-0.05, 0) is 58.1 Å². The molecule has 0 unspecified atom stereocenters. The summed E-state index contributed by atoms with van der Waals surface area (Å²) in [6, 6.07) is 23.9. The molecule has 0 N–H and O–H groups in total. The van der Waals surface area contributed by atoms with Gasteiger partial charge in [-0.2, -0.15) is 18.3 Å². The number of nitrogens with zero attached hydrogens (tertiary/aromatic N) is 6. The van der Waals surface area contributed by atoms with E-state index in [1.807, 2.05) is 72.8 Å². The summed E-state index contributed by atoms with van der Waals surface area (Å²) >= 11 is 0. The number of fused-ring (bicyclic) bond motifs is 9. The van der Waals surface area contributed by atoms with Crippen LogP contribution in [0.15, 0.2) is 104 Å². The van der Waals surface area contributed by atoms with Crippen LogP contribution >= 0.6 is 0 Å². The van der Waals surface area contributed by atoms with Crippen LogP contribution in [0.2, 0.25) is 0 Å². The molecule has 0 atom stereocenters. The number of halogens is 3. The summed E-state index contributed by atoms with van der Waals surface area (Å²) in [6.45, 7) is 0. The van der Waals surface area contributed by atoms with Crippen LogP contribution in [0.5, 0.6) is 0 Å². The molecule has 42 heavy (non-hydrogen) atoms. The molecule has 0 saturated heterocycles. The van der Waals surface area contributed by atoms with Gasteiger partial charge in [0.1, 0.15) is 5.54 Å². The molecule has 6 aromatic rings. The van der Waals surface area contributed by atoms with Crippen molar-refractivity contribution < 1.29 is 13.2 Å². The first-order valence-electron chi connectivity index (χ1n) is 13.2. The van der Waals surface area contributed by atoms with E-state index < -0.39 is 17.4 Å². The van der Waals surface area contributed by atoms with Gasteiger partial charge in [0.2, 0.25) is 0 Å². The van der Waals surface area contributed by atoms with Gasteiger partial charge >= 0.3 is 6.18 Å². The number of hydrogen-bond acceptors (Lipinski definition) is 5. The van der Waals surface area contributed by atoms with Crippen LogP contribution in [-0.2, 0) is 11.7 Å². The minimum absolute atomic E-state index is 0.388. The molecule has 0 fully saturated rings. The zero-order valence-electron chi connectivity index (χ0n) is 21.8. The van der Waals surface area contributed by atoms with Crippen LogP contribution in [0, 0.1) is 0 Å². The highest BCUT2D eigenvalue weighted by Crippen LogP contribution is 2.55. The average Bonchev–Trinajstić information content (AvgIpc) is 3.54. The minimum Gasteiger partial charge on any atom is -0.245 e. The molecular weight excluding hydrogens is 537 g/mol. The van der Waals surface area contributed by atoms with Gasteiger partial charge in [0, 0.05) is 41.5 Å². The zero-order valence-corrected chi connectivity index (χ0v) is 21.8. The Balaban J connectivity index is 1.53. The van der Waals surface area contributed by atoms with Crippen LogP contribution in [0.25, 0.3) is 46.2 Å². The summed E-state index contributed by atoms with van der Waals surface area (Å²) in [4.78, 5) is 17.8. The van der Waals surface area contributed by atoms with Crippen molar-refractivity contribution in [3.8, 4) is 34.0 Å². The van der Waals surface area contributed by atoms with E-state index in [2.05, 4.69) is 25.0 Å². The first-order valence-corrected chi connectivity index (χ1v) is 13.2. The van der Waals surface area contributed by atoms with E-state index in [1.165, 1.54) is 4.68 Å². The first-order chi connectivity index (χ1) is 20.4. The third kappa shape index (κ3) is 3.43. The molecule has 2 aliphatic rings. The van der Waals surface area contributed by atoms with Crippen molar-refractivity contribution in [3.63, 3.8) is 0 Å². The number of benzene rings is 3. The second-order valence-corrected chi connectivity index (χ2v) is 10.2. The highest BCUT2D eigenvalue weighted by molar-refractivity contribution is 5.86. The zero-order chi connectivity index (χ0) is 28.5. The molecule has 9 heteroatoms. The third-order valence-electron chi connectivity index (χ3n) is 7.89. The highest BCUT2D eigenvalue weighted by Gasteiger charge is 2.51. The van der Waals surface area contributed by atoms with Gasteiger partial charge in [-0.25, -0.2) is 24.6 Å². The van der Waals surface area contributed by atoms with Gasteiger partial charge in [-0.1, -0.05) is 60.7 Å². The molecule has 1 aliphatic heterocycles. The molecule has 3 aromatic carbocycles. The summed E-state index contributed by atoms with van der Waals surface area (Å²) in [5.74, 6) is 1.02. The SMILES string of the molecule is FC(F)(F)c1cc2n(n1)C1(c3cc(-c4ncccn4)ccc3C=Cc3ccc(-c4ncccn4)cc31)c1ccccc1-2. The smallest absolute Gasteiger partial charge is 0.245 e. The second kappa shape index (κ2) is 8.78. The highest BCUT2D eigenvalue weighted by atomic mass is 19.4. The van der Waals surface area contributed by atoms with Crippen molar-refractivity contribution in [2.45, 2.75) is 11.7 Å². The Morgan fingerprint density at radius 3 is 1.69 bits per heavy atom. The molecule has 202 valence electrons. The van der Waals surface area contributed by atoms with E-state index in [-0.39, 0.29) is 0 Å². The lowest BCUT2D eigenvalue weighted by Crippen LogP contribution is -2.37. The Morgan fingerprint density at radius 1 is 0.595 bits per heavy atom.